The number of aromatic nitrogens is 4. The summed E-state index contributed by atoms with van der Waals surface area (Å²) in [6.45, 7) is 4.29. The van der Waals surface area contributed by atoms with Crippen molar-refractivity contribution in [3.8, 4) is 11.3 Å². The molecule has 18 heteroatoms. The number of imide groups is 1. The van der Waals surface area contributed by atoms with Crippen LogP contribution in [0.2, 0.25) is 5.02 Å². The van der Waals surface area contributed by atoms with Crippen LogP contribution in [0.4, 0.5) is 30.4 Å². The van der Waals surface area contributed by atoms with E-state index in [0.717, 1.165) is 40.1 Å². The normalized spacial score (nSPS) is 23.9. The highest BCUT2D eigenvalue weighted by atomic mass is 35.5. The van der Waals surface area contributed by atoms with Gasteiger partial charge in [-0.15, -0.1) is 5.10 Å². The summed E-state index contributed by atoms with van der Waals surface area (Å²) in [4.78, 5) is 54.3. The zero-order valence-corrected chi connectivity index (χ0v) is 36.1. The van der Waals surface area contributed by atoms with Gasteiger partial charge in [-0.1, -0.05) is 41.9 Å². The third kappa shape index (κ3) is 8.30. The Morgan fingerprint density at radius 1 is 0.922 bits per heavy atom. The number of halogens is 4. The molecule has 0 spiro atoms. The van der Waals surface area contributed by atoms with Gasteiger partial charge in [0, 0.05) is 101 Å². The lowest BCUT2D eigenvalue weighted by Crippen LogP contribution is -2.61. The molecule has 334 valence electrons. The Bertz CT molecular complexity index is 2620. The van der Waals surface area contributed by atoms with E-state index in [9.17, 15) is 18.8 Å². The molecule has 64 heavy (non-hydrogen) atoms. The largest absolute Gasteiger partial charge is 0.385 e. The smallest absolute Gasteiger partial charge is 0.275 e. The summed E-state index contributed by atoms with van der Waals surface area (Å²) >= 11 is 6.61. The van der Waals surface area contributed by atoms with E-state index >= 15 is 8.78 Å². The molecule has 0 bridgehead atoms. The van der Waals surface area contributed by atoms with E-state index in [1.165, 1.54) is 10.7 Å². The second-order valence-electron chi connectivity index (χ2n) is 17.6. The highest BCUT2D eigenvalue weighted by Crippen LogP contribution is 2.40. The van der Waals surface area contributed by atoms with Crippen LogP contribution in [0.3, 0.4) is 0 Å². The predicted octanol–water partition coefficient (Wildman–Crippen LogP) is 5.57. The van der Waals surface area contributed by atoms with Gasteiger partial charge in [-0.05, 0) is 59.7 Å². The van der Waals surface area contributed by atoms with Crippen molar-refractivity contribution in [3.63, 3.8) is 0 Å². The second kappa shape index (κ2) is 17.1. The number of anilines is 3. The van der Waals surface area contributed by atoms with Gasteiger partial charge in [-0.25, -0.2) is 22.7 Å². The predicted molar refractivity (Wildman–Crippen MR) is 236 cm³/mol. The SMILES string of the molecule is CNc1cc(N2CCc3c(-c4ccc(CN5CC[C@H](N6CCN(Cc7ccc(C8CCC(=O)NC8=O)c(Cl)c7)CC6)C(F)(F)C5)cn4)cccc32)nn2c(C(=O)N[C@@H]3C[C@@H]3F)cnc12. The number of carbonyl (C=O) groups excluding carboxylic acids is 3. The van der Waals surface area contributed by atoms with Crippen LogP contribution in [0.5, 0.6) is 0 Å². The molecule has 5 aliphatic rings. The van der Waals surface area contributed by atoms with E-state index in [1.54, 1.807) is 13.2 Å². The lowest BCUT2D eigenvalue weighted by atomic mass is 9.90. The Morgan fingerprint density at radius 2 is 1.72 bits per heavy atom. The van der Waals surface area contributed by atoms with Gasteiger partial charge in [0.2, 0.25) is 11.8 Å². The maximum absolute atomic E-state index is 15.9. The first-order valence-electron chi connectivity index (χ1n) is 22.0. The fraction of sp³-hybridized carbons (Fsp3) is 0.435. The monoisotopic (exact) mass is 895 g/mol. The molecule has 3 aromatic heterocycles. The molecule has 10 rings (SSSR count). The number of hydrogen-bond donors (Lipinski definition) is 3. The summed E-state index contributed by atoms with van der Waals surface area (Å²) in [7, 11) is 1.78. The summed E-state index contributed by atoms with van der Waals surface area (Å²) < 4.78 is 46.9. The Kier molecular flexibility index (Phi) is 11.3. The Balaban J connectivity index is 0.748. The maximum Gasteiger partial charge on any atom is 0.275 e. The van der Waals surface area contributed by atoms with Crippen molar-refractivity contribution >= 4 is 52.2 Å². The summed E-state index contributed by atoms with van der Waals surface area (Å²) in [5, 5.41) is 13.6. The number of piperazine rings is 1. The van der Waals surface area contributed by atoms with E-state index in [4.69, 9.17) is 21.7 Å². The van der Waals surface area contributed by atoms with Crippen molar-refractivity contribution < 1.29 is 27.6 Å². The molecule has 0 radical (unpaired) electrons. The van der Waals surface area contributed by atoms with Gasteiger partial charge in [-0.2, -0.15) is 0 Å². The molecule has 4 atom stereocenters. The Labute approximate surface area is 373 Å². The number of nitrogens with zero attached hydrogens (tertiary/aromatic N) is 8. The number of likely N-dealkylation sites (tertiary alicyclic amines) is 1. The van der Waals surface area contributed by atoms with Crippen LogP contribution in [-0.4, -0.2) is 129 Å². The molecular weight excluding hydrogens is 847 g/mol. The fourth-order valence-corrected chi connectivity index (χ4v) is 10.2. The van der Waals surface area contributed by atoms with Crippen LogP contribution in [0.1, 0.15) is 64.3 Å². The van der Waals surface area contributed by atoms with Gasteiger partial charge in [0.25, 0.3) is 11.8 Å². The number of alkyl halides is 3. The van der Waals surface area contributed by atoms with Gasteiger partial charge in [0.15, 0.2) is 17.2 Å². The maximum atomic E-state index is 15.9. The number of rotatable bonds is 11. The van der Waals surface area contributed by atoms with Crippen molar-refractivity contribution in [2.24, 2.45) is 0 Å². The average molecular weight is 896 g/mol. The Morgan fingerprint density at radius 3 is 2.44 bits per heavy atom. The van der Waals surface area contributed by atoms with Gasteiger partial charge in [0.05, 0.1) is 42.1 Å². The van der Waals surface area contributed by atoms with Crippen LogP contribution < -0.4 is 20.9 Å². The van der Waals surface area contributed by atoms with E-state index in [-0.39, 0.29) is 30.5 Å². The molecular formula is C46H49ClF3N11O3. The molecule has 1 saturated carbocycles. The number of hydrogen-bond acceptors (Lipinski definition) is 11. The lowest BCUT2D eigenvalue weighted by molar-refractivity contribution is -0.135. The van der Waals surface area contributed by atoms with E-state index in [0.29, 0.717) is 99.4 Å². The molecule has 7 heterocycles. The van der Waals surface area contributed by atoms with Gasteiger partial charge >= 0.3 is 0 Å². The first-order valence-corrected chi connectivity index (χ1v) is 22.3. The summed E-state index contributed by atoms with van der Waals surface area (Å²) in [5.74, 6) is -3.72. The van der Waals surface area contributed by atoms with E-state index < -0.39 is 36.0 Å². The number of amides is 3. The third-order valence-corrected chi connectivity index (χ3v) is 13.7. The highest BCUT2D eigenvalue weighted by molar-refractivity contribution is 6.31. The fourth-order valence-electron chi connectivity index (χ4n) is 9.85. The molecule has 3 saturated heterocycles. The summed E-state index contributed by atoms with van der Waals surface area (Å²) in [5.41, 5.74) is 7.82. The van der Waals surface area contributed by atoms with Crippen LogP contribution >= 0.6 is 11.6 Å². The minimum Gasteiger partial charge on any atom is -0.385 e. The number of imidazole rings is 1. The Hall–Kier alpha value is -5.62. The zero-order chi connectivity index (χ0) is 44.3. The standard InChI is InChI=1S/C46H49ClF3N11O3/c1-51-37-21-41(56-61-39(23-53-43(37)61)45(64)54-36-20-34(36)48)60-14-11-31-30(3-2-4-38(31)60)35-9-6-28(22-52-35)25-58-13-12-40(46(49,50)26-58)59-17-15-57(16-18-59)24-27-5-7-29(33(47)19-27)32-8-10-42(62)55-44(32)63/h2-7,9,19,21-23,32,34,36,40,51H,8,10-18,20,24-26H2,1H3,(H,54,64)(H,55,62,63)/t32?,34-,36+,40-/m0/s1. The van der Waals surface area contributed by atoms with Crippen molar-refractivity contribution in [3.05, 3.63) is 100.0 Å². The minimum atomic E-state index is -2.88. The minimum absolute atomic E-state index is 0.227. The van der Waals surface area contributed by atoms with Gasteiger partial charge in [0.1, 0.15) is 6.17 Å². The highest BCUT2D eigenvalue weighted by Gasteiger charge is 2.48. The first-order chi connectivity index (χ1) is 30.9. The number of pyridine rings is 1. The summed E-state index contributed by atoms with van der Waals surface area (Å²) in [6.07, 6.45) is 4.34. The van der Waals surface area contributed by atoms with E-state index in [1.807, 2.05) is 64.4 Å². The molecule has 1 aliphatic carbocycles. The van der Waals surface area contributed by atoms with Crippen LogP contribution in [-0.2, 0) is 29.1 Å². The van der Waals surface area contributed by atoms with Crippen molar-refractivity contribution in [2.45, 2.75) is 75.3 Å². The molecule has 14 nitrogen and oxygen atoms in total. The quantitative estimate of drug-likeness (QED) is 0.143. The number of fused-ring (bicyclic) bond motifs is 2. The number of carbonyl (C=O) groups is 3. The van der Waals surface area contributed by atoms with Crippen LogP contribution in [0, 0.1) is 0 Å². The third-order valence-electron chi connectivity index (χ3n) is 13.4. The molecule has 4 fully saturated rings. The molecule has 4 aliphatic heterocycles. The zero-order valence-electron chi connectivity index (χ0n) is 35.4. The first kappa shape index (κ1) is 42.3. The van der Waals surface area contributed by atoms with E-state index in [2.05, 4.69) is 30.7 Å². The molecule has 2 aromatic carbocycles. The van der Waals surface area contributed by atoms with Crippen LogP contribution in [0.15, 0.2) is 67.0 Å². The van der Waals surface area contributed by atoms with Crippen molar-refractivity contribution in [1.29, 1.82) is 0 Å². The molecule has 3 N–H and O–H groups in total. The number of nitrogens with one attached hydrogen (secondary N) is 3. The second-order valence-corrected chi connectivity index (χ2v) is 18.0. The number of benzene rings is 2. The number of piperidine rings is 2. The van der Waals surface area contributed by atoms with Crippen molar-refractivity contribution in [2.75, 3.05) is 63.1 Å². The molecule has 5 aromatic rings. The summed E-state index contributed by atoms with van der Waals surface area (Å²) in [6, 6.07) is 16.3. The molecule has 1 unspecified atom stereocenters. The molecule has 3 amide bonds. The topological polar surface area (TPSA) is 143 Å². The van der Waals surface area contributed by atoms with Crippen LogP contribution in [0.25, 0.3) is 16.9 Å². The van der Waals surface area contributed by atoms with Gasteiger partial charge < -0.3 is 15.5 Å². The van der Waals surface area contributed by atoms with Gasteiger partial charge in [-0.3, -0.25) is 39.4 Å². The average Bonchev–Trinajstić information content (AvgIpc) is 3.59. The lowest BCUT2D eigenvalue weighted by Gasteiger charge is -2.46. The van der Waals surface area contributed by atoms with Crippen molar-refractivity contribution in [1.82, 2.24) is 44.9 Å².